The monoisotopic (exact) mass is 255 g/mol. The molecular weight excluding hydrogens is 241 g/mol. The first kappa shape index (κ1) is 14.0. The van der Waals surface area contributed by atoms with Crippen molar-refractivity contribution in [2.75, 3.05) is 6.61 Å². The molecule has 1 aromatic rings. The molecule has 98 valence electrons. The maximum Gasteiger partial charge on any atom is 0.325 e. The molecule has 1 amide bonds. The predicted octanol–water partition coefficient (Wildman–Crippen LogP) is 1.18. The van der Waals surface area contributed by atoms with Crippen molar-refractivity contribution in [1.29, 1.82) is 0 Å². The normalized spacial score (nSPS) is 11.7. The number of hydrogen-bond donors (Lipinski definition) is 2. The van der Waals surface area contributed by atoms with Crippen molar-refractivity contribution in [3.63, 3.8) is 0 Å². The summed E-state index contributed by atoms with van der Waals surface area (Å²) < 4.78 is 17.8. The third-order valence-electron chi connectivity index (χ3n) is 2.16. The third kappa shape index (κ3) is 4.82. The van der Waals surface area contributed by atoms with Crippen LogP contribution in [-0.4, -0.2) is 29.6 Å². The highest BCUT2D eigenvalue weighted by molar-refractivity contribution is 5.83. The molecule has 0 aliphatic carbocycles. The average Bonchev–Trinajstić information content (AvgIpc) is 2.31. The Morgan fingerprint density at radius 3 is 2.56 bits per heavy atom. The number of ether oxygens (including phenoxy) is 1. The average molecular weight is 255 g/mol. The van der Waals surface area contributed by atoms with Gasteiger partial charge < -0.3 is 15.2 Å². The number of halogens is 1. The molecule has 1 aromatic carbocycles. The first-order valence-electron chi connectivity index (χ1n) is 5.39. The summed E-state index contributed by atoms with van der Waals surface area (Å²) in [6.07, 6.45) is 0.0367. The van der Waals surface area contributed by atoms with E-state index in [1.54, 1.807) is 0 Å². The number of carbonyl (C=O) groups excluding carboxylic acids is 1. The smallest absolute Gasteiger partial charge is 0.325 e. The lowest BCUT2D eigenvalue weighted by Crippen LogP contribution is -2.38. The largest absolute Gasteiger partial charge is 0.493 e. The Bertz CT molecular complexity index is 419. The number of nitrogens with one attached hydrogen (secondary N) is 1. The summed E-state index contributed by atoms with van der Waals surface area (Å²) in [5.41, 5.74) is 0. The van der Waals surface area contributed by atoms with E-state index in [1.807, 2.05) is 0 Å². The van der Waals surface area contributed by atoms with Crippen molar-refractivity contribution in [1.82, 2.24) is 5.32 Å². The minimum absolute atomic E-state index is 0.0367. The molecule has 0 unspecified atom stereocenters. The summed E-state index contributed by atoms with van der Waals surface area (Å²) in [4.78, 5) is 21.8. The van der Waals surface area contributed by atoms with Crippen LogP contribution in [0, 0.1) is 5.82 Å². The van der Waals surface area contributed by atoms with E-state index >= 15 is 0 Å². The summed E-state index contributed by atoms with van der Waals surface area (Å²) in [5, 5.41) is 10.9. The topological polar surface area (TPSA) is 75.6 Å². The van der Waals surface area contributed by atoms with Crippen LogP contribution < -0.4 is 10.1 Å². The van der Waals surface area contributed by atoms with Gasteiger partial charge in [-0.1, -0.05) is 0 Å². The quantitative estimate of drug-likeness (QED) is 0.800. The second kappa shape index (κ2) is 6.58. The van der Waals surface area contributed by atoms with Crippen LogP contribution in [-0.2, 0) is 9.59 Å². The van der Waals surface area contributed by atoms with Crippen molar-refractivity contribution in [2.24, 2.45) is 0 Å². The van der Waals surface area contributed by atoms with Crippen LogP contribution in [0.4, 0.5) is 4.39 Å². The van der Waals surface area contributed by atoms with E-state index in [0.717, 1.165) is 0 Å². The zero-order chi connectivity index (χ0) is 13.5. The zero-order valence-electron chi connectivity index (χ0n) is 9.85. The molecule has 0 aliphatic rings. The highest BCUT2D eigenvalue weighted by Gasteiger charge is 2.13. The summed E-state index contributed by atoms with van der Waals surface area (Å²) in [7, 11) is 0. The van der Waals surface area contributed by atoms with Gasteiger partial charge in [-0.2, -0.15) is 0 Å². The van der Waals surface area contributed by atoms with Crippen LogP contribution in [0.15, 0.2) is 24.3 Å². The lowest BCUT2D eigenvalue weighted by atomic mass is 10.3. The van der Waals surface area contributed by atoms with Crippen LogP contribution in [0.2, 0.25) is 0 Å². The fraction of sp³-hybridized carbons (Fsp3) is 0.333. The van der Waals surface area contributed by atoms with Gasteiger partial charge in [0.15, 0.2) is 0 Å². The lowest BCUT2D eigenvalue weighted by Gasteiger charge is -2.09. The zero-order valence-corrected chi connectivity index (χ0v) is 9.85. The second-order valence-corrected chi connectivity index (χ2v) is 3.68. The Balaban J connectivity index is 2.27. The molecule has 5 nitrogen and oxygen atoms in total. The fourth-order valence-electron chi connectivity index (χ4n) is 1.17. The summed E-state index contributed by atoms with van der Waals surface area (Å²) in [6.45, 7) is 1.48. The van der Waals surface area contributed by atoms with E-state index in [2.05, 4.69) is 5.32 Å². The number of aliphatic carboxylic acids is 1. The predicted molar refractivity (Wildman–Crippen MR) is 61.8 cm³/mol. The van der Waals surface area contributed by atoms with Gasteiger partial charge in [0.25, 0.3) is 0 Å². The Morgan fingerprint density at radius 1 is 1.39 bits per heavy atom. The van der Waals surface area contributed by atoms with E-state index in [1.165, 1.54) is 31.2 Å². The van der Waals surface area contributed by atoms with Gasteiger partial charge in [0, 0.05) is 0 Å². The number of carbonyl (C=O) groups is 2. The number of carboxylic acids is 1. The molecule has 1 atom stereocenters. The maximum atomic E-state index is 12.6. The van der Waals surface area contributed by atoms with Gasteiger partial charge in [-0.3, -0.25) is 9.59 Å². The highest BCUT2D eigenvalue weighted by atomic mass is 19.1. The molecule has 0 fully saturated rings. The first-order valence-corrected chi connectivity index (χ1v) is 5.39. The molecule has 0 saturated heterocycles. The van der Waals surface area contributed by atoms with Gasteiger partial charge in [0.05, 0.1) is 13.0 Å². The van der Waals surface area contributed by atoms with E-state index < -0.39 is 17.9 Å². The molecule has 0 saturated carbocycles. The van der Waals surface area contributed by atoms with E-state index in [0.29, 0.717) is 5.75 Å². The van der Waals surface area contributed by atoms with Crippen molar-refractivity contribution in [3.05, 3.63) is 30.1 Å². The molecule has 18 heavy (non-hydrogen) atoms. The third-order valence-corrected chi connectivity index (χ3v) is 2.16. The number of rotatable bonds is 6. The molecule has 0 heterocycles. The Kier molecular flexibility index (Phi) is 5.10. The van der Waals surface area contributed by atoms with E-state index in [-0.39, 0.29) is 18.8 Å². The molecular formula is C12H14FNO4. The molecule has 6 heteroatoms. The molecule has 0 bridgehead atoms. The van der Waals surface area contributed by atoms with Gasteiger partial charge in [0.1, 0.15) is 17.6 Å². The van der Waals surface area contributed by atoms with E-state index in [4.69, 9.17) is 9.84 Å². The molecule has 2 N–H and O–H groups in total. The van der Waals surface area contributed by atoms with Crippen LogP contribution >= 0.6 is 0 Å². The van der Waals surface area contributed by atoms with Crippen molar-refractivity contribution in [3.8, 4) is 5.75 Å². The van der Waals surface area contributed by atoms with Crippen LogP contribution in [0.1, 0.15) is 13.3 Å². The fourth-order valence-corrected chi connectivity index (χ4v) is 1.17. The number of hydrogen-bond acceptors (Lipinski definition) is 3. The molecule has 0 spiro atoms. The minimum atomic E-state index is -1.09. The molecule has 1 rings (SSSR count). The van der Waals surface area contributed by atoms with Crippen LogP contribution in [0.3, 0.4) is 0 Å². The van der Waals surface area contributed by atoms with Gasteiger partial charge in [-0.05, 0) is 31.2 Å². The number of benzene rings is 1. The van der Waals surface area contributed by atoms with E-state index in [9.17, 15) is 14.0 Å². The van der Waals surface area contributed by atoms with Gasteiger partial charge in [-0.25, -0.2) is 4.39 Å². The molecule has 0 aromatic heterocycles. The van der Waals surface area contributed by atoms with Crippen molar-refractivity contribution >= 4 is 11.9 Å². The number of amides is 1. The Hall–Kier alpha value is -2.11. The van der Waals surface area contributed by atoms with Crippen LogP contribution in [0.25, 0.3) is 0 Å². The Labute approximate surface area is 104 Å². The first-order chi connectivity index (χ1) is 8.49. The van der Waals surface area contributed by atoms with Gasteiger partial charge in [0.2, 0.25) is 5.91 Å². The summed E-state index contributed by atoms with van der Waals surface area (Å²) in [5.74, 6) is -1.42. The highest BCUT2D eigenvalue weighted by Crippen LogP contribution is 2.10. The number of carboxylic acid groups (broad SMARTS) is 1. The van der Waals surface area contributed by atoms with Gasteiger partial charge in [-0.15, -0.1) is 0 Å². The molecule has 0 radical (unpaired) electrons. The SMILES string of the molecule is C[C@H](NC(=O)CCOc1ccc(F)cc1)C(=O)O. The minimum Gasteiger partial charge on any atom is -0.493 e. The lowest BCUT2D eigenvalue weighted by molar-refractivity contribution is -0.141. The summed E-state index contributed by atoms with van der Waals surface area (Å²) in [6, 6.07) is 4.48. The van der Waals surface area contributed by atoms with Crippen LogP contribution in [0.5, 0.6) is 5.75 Å². The maximum absolute atomic E-state index is 12.6. The van der Waals surface area contributed by atoms with Gasteiger partial charge >= 0.3 is 5.97 Å². The second-order valence-electron chi connectivity index (χ2n) is 3.68. The van der Waals surface area contributed by atoms with Crippen molar-refractivity contribution < 1.29 is 23.8 Å². The standard InChI is InChI=1S/C12H14FNO4/c1-8(12(16)17)14-11(15)6-7-18-10-4-2-9(13)3-5-10/h2-5,8H,6-7H2,1H3,(H,14,15)(H,16,17)/t8-/m0/s1. The molecule has 0 aliphatic heterocycles. The summed E-state index contributed by atoms with van der Waals surface area (Å²) >= 11 is 0. The van der Waals surface area contributed by atoms with Crippen molar-refractivity contribution in [2.45, 2.75) is 19.4 Å². The Morgan fingerprint density at radius 2 is 2.00 bits per heavy atom.